The molecule has 22 heavy (non-hydrogen) atoms. The Morgan fingerprint density at radius 2 is 2.05 bits per heavy atom. The molecule has 0 saturated carbocycles. The Balaban J connectivity index is 1.87. The van der Waals surface area contributed by atoms with Gasteiger partial charge >= 0.3 is 6.09 Å². The Morgan fingerprint density at radius 1 is 1.32 bits per heavy atom. The van der Waals surface area contributed by atoms with Crippen molar-refractivity contribution >= 4 is 12.0 Å². The van der Waals surface area contributed by atoms with Crippen molar-refractivity contribution in [3.63, 3.8) is 0 Å². The van der Waals surface area contributed by atoms with Crippen LogP contribution in [0.2, 0.25) is 0 Å². The zero-order valence-electron chi connectivity index (χ0n) is 12.8. The minimum Gasteiger partial charge on any atom is -0.445 e. The van der Waals surface area contributed by atoms with Crippen molar-refractivity contribution in [3.8, 4) is 0 Å². The fraction of sp³-hybridized carbons (Fsp3) is 0.500. The third-order valence-electron chi connectivity index (χ3n) is 3.77. The summed E-state index contributed by atoms with van der Waals surface area (Å²) >= 11 is 0. The predicted molar refractivity (Wildman–Crippen MR) is 81.1 cm³/mol. The number of benzene rings is 1. The molecule has 0 radical (unpaired) electrons. The van der Waals surface area contributed by atoms with Gasteiger partial charge in [-0.05, 0) is 18.9 Å². The van der Waals surface area contributed by atoms with Crippen LogP contribution in [0.15, 0.2) is 30.3 Å². The number of amides is 2. The van der Waals surface area contributed by atoms with Crippen molar-refractivity contribution in [1.29, 1.82) is 0 Å². The van der Waals surface area contributed by atoms with Crippen LogP contribution in [-0.4, -0.2) is 59.2 Å². The Morgan fingerprint density at radius 3 is 2.73 bits per heavy atom. The van der Waals surface area contributed by atoms with Crippen LogP contribution in [0.3, 0.4) is 0 Å². The van der Waals surface area contributed by atoms with Gasteiger partial charge in [0.15, 0.2) is 0 Å². The van der Waals surface area contributed by atoms with Gasteiger partial charge in [-0.3, -0.25) is 9.69 Å². The Bertz CT molecular complexity index is 506. The van der Waals surface area contributed by atoms with E-state index >= 15 is 0 Å². The topological polar surface area (TPSA) is 70.1 Å². The average molecular weight is 306 g/mol. The molecule has 0 aromatic heterocycles. The Hall–Kier alpha value is -2.08. The lowest BCUT2D eigenvalue weighted by Crippen LogP contribution is -2.57. The van der Waals surface area contributed by atoms with Crippen LogP contribution in [0.4, 0.5) is 4.79 Å². The first-order chi connectivity index (χ1) is 10.6. The number of aliphatic hydroxyl groups excluding tert-OH is 1. The molecule has 1 aliphatic rings. The van der Waals surface area contributed by atoms with Crippen LogP contribution in [0, 0.1) is 0 Å². The van der Waals surface area contributed by atoms with Crippen LogP contribution in [-0.2, 0) is 16.1 Å². The van der Waals surface area contributed by atoms with Gasteiger partial charge in [-0.2, -0.15) is 0 Å². The molecule has 0 unspecified atom stereocenters. The third kappa shape index (κ3) is 3.98. The summed E-state index contributed by atoms with van der Waals surface area (Å²) < 4.78 is 5.28. The normalized spacial score (nSPS) is 18.5. The van der Waals surface area contributed by atoms with Crippen LogP contribution in [0.5, 0.6) is 0 Å². The maximum absolute atomic E-state index is 12.2. The van der Waals surface area contributed by atoms with E-state index in [2.05, 4.69) is 0 Å². The lowest BCUT2D eigenvalue weighted by Gasteiger charge is -2.38. The minimum atomic E-state index is -0.532. The lowest BCUT2D eigenvalue weighted by molar-refractivity contribution is -0.140. The molecular formula is C16H22N2O4. The van der Waals surface area contributed by atoms with E-state index in [-0.39, 0.29) is 19.1 Å². The summed E-state index contributed by atoms with van der Waals surface area (Å²) in [6, 6.07) is 8.90. The highest BCUT2D eigenvalue weighted by Gasteiger charge is 2.34. The smallest absolute Gasteiger partial charge is 0.410 e. The van der Waals surface area contributed by atoms with E-state index in [1.807, 2.05) is 30.3 Å². The van der Waals surface area contributed by atoms with Crippen molar-refractivity contribution in [1.82, 2.24) is 9.80 Å². The van der Waals surface area contributed by atoms with E-state index in [0.717, 1.165) is 5.56 Å². The molecule has 1 N–H and O–H groups in total. The molecule has 1 aliphatic heterocycles. The molecule has 6 nitrogen and oxygen atoms in total. The molecule has 2 amide bonds. The number of piperazine rings is 1. The summed E-state index contributed by atoms with van der Waals surface area (Å²) in [5.74, 6) is -0.101. The van der Waals surface area contributed by atoms with Crippen LogP contribution >= 0.6 is 0 Å². The van der Waals surface area contributed by atoms with Crippen LogP contribution in [0.1, 0.15) is 18.9 Å². The van der Waals surface area contributed by atoms with Crippen molar-refractivity contribution in [2.24, 2.45) is 0 Å². The summed E-state index contributed by atoms with van der Waals surface area (Å²) in [7, 11) is 0. The number of rotatable bonds is 5. The van der Waals surface area contributed by atoms with Gasteiger partial charge in [0.2, 0.25) is 5.91 Å². The van der Waals surface area contributed by atoms with E-state index in [4.69, 9.17) is 9.84 Å². The molecule has 0 bridgehead atoms. The minimum absolute atomic E-state index is 0.0565. The van der Waals surface area contributed by atoms with Gasteiger partial charge < -0.3 is 14.7 Å². The molecule has 0 aliphatic carbocycles. The molecule has 0 spiro atoms. The zero-order valence-corrected chi connectivity index (χ0v) is 12.8. The van der Waals surface area contributed by atoms with E-state index in [1.54, 1.807) is 11.8 Å². The second-order valence-corrected chi connectivity index (χ2v) is 5.31. The largest absolute Gasteiger partial charge is 0.445 e. The Kier molecular flexibility index (Phi) is 5.77. The molecule has 1 heterocycles. The highest BCUT2D eigenvalue weighted by molar-refractivity contribution is 5.86. The lowest BCUT2D eigenvalue weighted by atomic mass is 10.2. The summed E-state index contributed by atoms with van der Waals surface area (Å²) in [5, 5.41) is 8.84. The standard InChI is InChI=1S/C16H22N2O4/c1-13-15(20)17(8-5-11-19)9-10-18(13)16(21)22-12-14-6-3-2-4-7-14/h2-4,6-7,13,19H,5,8-12H2,1H3/t13-/m0/s1. The Labute approximate surface area is 130 Å². The fourth-order valence-electron chi connectivity index (χ4n) is 2.47. The number of hydrogen-bond acceptors (Lipinski definition) is 4. The van der Waals surface area contributed by atoms with E-state index < -0.39 is 12.1 Å². The molecule has 6 heteroatoms. The van der Waals surface area contributed by atoms with Gasteiger partial charge in [0.25, 0.3) is 0 Å². The predicted octanol–water partition coefficient (Wildman–Crippen LogP) is 1.24. The average Bonchev–Trinajstić information content (AvgIpc) is 2.55. The van der Waals surface area contributed by atoms with Gasteiger partial charge in [-0.25, -0.2) is 4.79 Å². The highest BCUT2D eigenvalue weighted by Crippen LogP contribution is 2.14. The molecule has 1 aromatic rings. The fourth-order valence-corrected chi connectivity index (χ4v) is 2.47. The molecular weight excluding hydrogens is 284 g/mol. The highest BCUT2D eigenvalue weighted by atomic mass is 16.6. The van der Waals surface area contributed by atoms with E-state index in [9.17, 15) is 9.59 Å². The number of carbonyl (C=O) groups is 2. The molecule has 1 atom stereocenters. The van der Waals surface area contributed by atoms with Crippen LogP contribution < -0.4 is 0 Å². The first-order valence-electron chi connectivity index (χ1n) is 7.50. The maximum atomic E-state index is 12.2. The van der Waals surface area contributed by atoms with Gasteiger partial charge in [-0.1, -0.05) is 30.3 Å². The number of ether oxygens (including phenoxy) is 1. The first kappa shape index (κ1) is 16.3. The number of nitrogens with zero attached hydrogens (tertiary/aromatic N) is 2. The SMILES string of the molecule is C[C@H]1C(=O)N(CCCO)CCN1C(=O)OCc1ccccc1. The van der Waals surface area contributed by atoms with Gasteiger partial charge in [0.1, 0.15) is 12.6 Å². The summed E-state index contributed by atoms with van der Waals surface area (Å²) in [5.41, 5.74) is 0.913. The first-order valence-corrected chi connectivity index (χ1v) is 7.50. The van der Waals surface area contributed by atoms with Gasteiger partial charge in [0, 0.05) is 26.2 Å². The maximum Gasteiger partial charge on any atom is 0.410 e. The second-order valence-electron chi connectivity index (χ2n) is 5.31. The number of hydrogen-bond donors (Lipinski definition) is 1. The van der Waals surface area contributed by atoms with E-state index in [1.165, 1.54) is 4.90 Å². The monoisotopic (exact) mass is 306 g/mol. The van der Waals surface area contributed by atoms with Crippen molar-refractivity contribution in [2.75, 3.05) is 26.2 Å². The van der Waals surface area contributed by atoms with Crippen LogP contribution in [0.25, 0.3) is 0 Å². The quantitative estimate of drug-likeness (QED) is 0.888. The molecule has 1 saturated heterocycles. The molecule has 2 rings (SSSR count). The number of aliphatic hydroxyl groups is 1. The third-order valence-corrected chi connectivity index (χ3v) is 3.77. The van der Waals surface area contributed by atoms with Crippen molar-refractivity contribution < 1.29 is 19.4 Å². The van der Waals surface area contributed by atoms with Crippen molar-refractivity contribution in [3.05, 3.63) is 35.9 Å². The second kappa shape index (κ2) is 7.79. The van der Waals surface area contributed by atoms with Gasteiger partial charge in [0.05, 0.1) is 0 Å². The molecule has 1 fully saturated rings. The molecule has 1 aromatic carbocycles. The zero-order chi connectivity index (χ0) is 15.9. The summed E-state index contributed by atoms with van der Waals surface area (Å²) in [4.78, 5) is 27.5. The van der Waals surface area contributed by atoms with Gasteiger partial charge in [-0.15, -0.1) is 0 Å². The van der Waals surface area contributed by atoms with E-state index in [0.29, 0.717) is 26.1 Å². The summed E-state index contributed by atoms with van der Waals surface area (Å²) in [6.45, 7) is 3.41. The number of carbonyl (C=O) groups excluding carboxylic acids is 2. The van der Waals surface area contributed by atoms with Crippen molar-refractivity contribution in [2.45, 2.75) is 26.0 Å². The molecule has 120 valence electrons. The summed E-state index contributed by atoms with van der Waals surface area (Å²) in [6.07, 6.45) is 0.0863.